The summed E-state index contributed by atoms with van der Waals surface area (Å²) in [6, 6.07) is 14.4. The van der Waals surface area contributed by atoms with Gasteiger partial charge in [-0.05, 0) is 48.9 Å². The van der Waals surface area contributed by atoms with E-state index >= 15 is 0 Å². The Bertz CT molecular complexity index is 1120. The van der Waals surface area contributed by atoms with Crippen molar-refractivity contribution in [2.75, 3.05) is 0 Å². The molecule has 4 rings (SSSR count). The van der Waals surface area contributed by atoms with E-state index in [-0.39, 0.29) is 5.12 Å². The Kier molecular flexibility index (Phi) is 3.69. The topological polar surface area (TPSA) is 39.3 Å². The molecule has 0 aliphatic heterocycles. The average Bonchev–Trinajstić information content (AvgIpc) is 3.06. The van der Waals surface area contributed by atoms with Gasteiger partial charge in [0.05, 0.1) is 15.9 Å². The van der Waals surface area contributed by atoms with E-state index in [1.54, 1.807) is 6.92 Å². The van der Waals surface area contributed by atoms with Gasteiger partial charge in [0.25, 0.3) is 0 Å². The van der Waals surface area contributed by atoms with Crippen LogP contribution in [0.5, 0.6) is 0 Å². The molecule has 4 nitrogen and oxygen atoms in total. The van der Waals surface area contributed by atoms with Gasteiger partial charge in [0, 0.05) is 19.5 Å². The molecule has 0 bridgehead atoms. The van der Waals surface area contributed by atoms with Crippen LogP contribution in [0, 0.1) is 13.8 Å². The zero-order chi connectivity index (χ0) is 17.7. The number of carbonyl (C=O) groups excluding carboxylic acids is 1. The second kappa shape index (κ2) is 5.77. The minimum absolute atomic E-state index is 0.0599. The number of carbonyl (C=O) groups is 1. The van der Waals surface area contributed by atoms with Gasteiger partial charge in [-0.15, -0.1) is 0 Å². The second-order valence-corrected chi connectivity index (χ2v) is 7.54. The lowest BCUT2D eigenvalue weighted by Crippen LogP contribution is -1.92. The predicted octanol–water partition coefficient (Wildman–Crippen LogP) is 4.75. The largest absolute Gasteiger partial charge is 0.327 e. The maximum absolute atomic E-state index is 11.9. The van der Waals surface area contributed by atoms with Crippen LogP contribution in [0.15, 0.2) is 47.4 Å². The van der Waals surface area contributed by atoms with Crippen LogP contribution in [-0.4, -0.2) is 19.3 Å². The SMILES string of the molecule is CC(=O)Sc1c(-c2ccccc2)nn2c3cc(C)c(C)cc3n(C)c12. The molecule has 0 aliphatic rings. The van der Waals surface area contributed by atoms with Crippen LogP contribution in [0.25, 0.3) is 27.9 Å². The van der Waals surface area contributed by atoms with Gasteiger partial charge in [0.15, 0.2) is 10.8 Å². The van der Waals surface area contributed by atoms with Crippen molar-refractivity contribution in [3.63, 3.8) is 0 Å². The first-order valence-corrected chi connectivity index (χ1v) is 9.01. The zero-order valence-corrected chi connectivity index (χ0v) is 15.5. The van der Waals surface area contributed by atoms with Crippen molar-refractivity contribution in [3.8, 4) is 11.3 Å². The third kappa shape index (κ3) is 2.46. The molecule has 0 atom stereocenters. The van der Waals surface area contributed by atoms with Crippen LogP contribution in [0.1, 0.15) is 18.1 Å². The number of rotatable bonds is 2. The van der Waals surface area contributed by atoms with Crippen molar-refractivity contribution >= 4 is 33.6 Å². The summed E-state index contributed by atoms with van der Waals surface area (Å²) in [6.07, 6.45) is 0. The first-order chi connectivity index (χ1) is 12.0. The van der Waals surface area contributed by atoms with E-state index in [1.165, 1.54) is 22.9 Å². The highest BCUT2D eigenvalue weighted by atomic mass is 32.2. The summed E-state index contributed by atoms with van der Waals surface area (Å²) < 4.78 is 4.10. The van der Waals surface area contributed by atoms with E-state index in [9.17, 15) is 4.79 Å². The molecule has 0 aliphatic carbocycles. The second-order valence-electron chi connectivity index (χ2n) is 6.36. The van der Waals surface area contributed by atoms with Crippen molar-refractivity contribution in [1.29, 1.82) is 0 Å². The molecule has 0 radical (unpaired) electrons. The average molecular weight is 349 g/mol. The number of hydrogen-bond acceptors (Lipinski definition) is 3. The lowest BCUT2D eigenvalue weighted by molar-refractivity contribution is -0.109. The number of thioether (sulfide) groups is 1. The molecule has 0 unspecified atom stereocenters. The standard InChI is InChI=1S/C20H19N3OS/c1-12-10-16-17(11-13(12)2)23-20(22(16)4)19(25-14(3)24)18(21-23)15-8-6-5-7-9-15/h5-11H,1-4H3. The summed E-state index contributed by atoms with van der Waals surface area (Å²) in [5.74, 6) is 0. The Morgan fingerprint density at radius 3 is 2.32 bits per heavy atom. The molecule has 0 N–H and O–H groups in total. The number of imidazole rings is 1. The van der Waals surface area contributed by atoms with Crippen molar-refractivity contribution in [2.24, 2.45) is 7.05 Å². The monoisotopic (exact) mass is 349 g/mol. The fraction of sp³-hybridized carbons (Fsp3) is 0.200. The van der Waals surface area contributed by atoms with Gasteiger partial charge < -0.3 is 4.57 Å². The van der Waals surface area contributed by atoms with Gasteiger partial charge in [0.2, 0.25) is 0 Å². The first-order valence-electron chi connectivity index (χ1n) is 8.19. The minimum atomic E-state index is 0.0599. The smallest absolute Gasteiger partial charge is 0.190 e. The third-order valence-corrected chi connectivity index (χ3v) is 5.48. The fourth-order valence-electron chi connectivity index (χ4n) is 3.22. The van der Waals surface area contributed by atoms with E-state index in [0.29, 0.717) is 0 Å². The van der Waals surface area contributed by atoms with Crippen molar-refractivity contribution in [2.45, 2.75) is 25.7 Å². The molecular weight excluding hydrogens is 330 g/mol. The van der Waals surface area contributed by atoms with Crippen LogP contribution in [0.4, 0.5) is 0 Å². The fourth-order valence-corrected chi connectivity index (χ4v) is 4.08. The van der Waals surface area contributed by atoms with Crippen LogP contribution < -0.4 is 0 Å². The van der Waals surface area contributed by atoms with Crippen LogP contribution >= 0.6 is 11.8 Å². The van der Waals surface area contributed by atoms with Gasteiger partial charge in [-0.25, -0.2) is 4.52 Å². The Labute approximate surface area is 150 Å². The molecule has 2 aromatic carbocycles. The van der Waals surface area contributed by atoms with Crippen LogP contribution in [0.3, 0.4) is 0 Å². The Balaban J connectivity index is 2.12. The van der Waals surface area contributed by atoms with E-state index in [2.05, 4.69) is 30.5 Å². The lowest BCUT2D eigenvalue weighted by Gasteiger charge is -2.04. The van der Waals surface area contributed by atoms with Gasteiger partial charge in [0.1, 0.15) is 5.69 Å². The maximum atomic E-state index is 11.9. The summed E-state index contributed by atoms with van der Waals surface area (Å²) in [5.41, 5.74) is 7.50. The molecule has 0 amide bonds. The summed E-state index contributed by atoms with van der Waals surface area (Å²) in [4.78, 5) is 12.8. The molecular formula is C20H19N3OS. The molecule has 0 fully saturated rings. The minimum Gasteiger partial charge on any atom is -0.327 e. The normalized spacial score (nSPS) is 11.5. The quantitative estimate of drug-likeness (QED) is 0.490. The number of fused-ring (bicyclic) bond motifs is 3. The molecule has 126 valence electrons. The molecule has 2 aromatic heterocycles. The van der Waals surface area contributed by atoms with Gasteiger partial charge in [-0.1, -0.05) is 30.3 Å². The molecule has 0 saturated carbocycles. The van der Waals surface area contributed by atoms with E-state index in [1.807, 2.05) is 41.9 Å². The van der Waals surface area contributed by atoms with Crippen LogP contribution in [0.2, 0.25) is 0 Å². The van der Waals surface area contributed by atoms with Gasteiger partial charge in [-0.3, -0.25) is 4.79 Å². The van der Waals surface area contributed by atoms with Gasteiger partial charge in [-0.2, -0.15) is 5.10 Å². The van der Waals surface area contributed by atoms with E-state index in [0.717, 1.165) is 32.8 Å². The van der Waals surface area contributed by atoms with Crippen molar-refractivity contribution < 1.29 is 4.79 Å². The number of benzene rings is 2. The molecule has 4 aromatic rings. The van der Waals surface area contributed by atoms with Crippen LogP contribution in [-0.2, 0) is 11.8 Å². The zero-order valence-electron chi connectivity index (χ0n) is 14.7. The number of aryl methyl sites for hydroxylation is 3. The number of aromatic nitrogens is 3. The molecule has 2 heterocycles. The Morgan fingerprint density at radius 1 is 1.04 bits per heavy atom. The molecule has 0 saturated heterocycles. The maximum Gasteiger partial charge on any atom is 0.190 e. The molecule has 0 spiro atoms. The Hall–Kier alpha value is -2.53. The van der Waals surface area contributed by atoms with E-state index in [4.69, 9.17) is 5.10 Å². The number of nitrogens with zero attached hydrogens (tertiary/aromatic N) is 3. The Morgan fingerprint density at radius 2 is 1.68 bits per heavy atom. The van der Waals surface area contributed by atoms with E-state index < -0.39 is 0 Å². The molecule has 5 heteroatoms. The first kappa shape index (κ1) is 16.0. The predicted molar refractivity (Wildman–Crippen MR) is 103 cm³/mol. The summed E-state index contributed by atoms with van der Waals surface area (Å²) in [6.45, 7) is 5.82. The highest BCUT2D eigenvalue weighted by molar-refractivity contribution is 8.13. The molecule has 25 heavy (non-hydrogen) atoms. The lowest BCUT2D eigenvalue weighted by atomic mass is 10.1. The summed E-state index contributed by atoms with van der Waals surface area (Å²) in [5, 5.41) is 4.94. The highest BCUT2D eigenvalue weighted by Crippen LogP contribution is 2.37. The highest BCUT2D eigenvalue weighted by Gasteiger charge is 2.22. The van der Waals surface area contributed by atoms with Crippen molar-refractivity contribution in [1.82, 2.24) is 14.2 Å². The van der Waals surface area contributed by atoms with Crippen molar-refractivity contribution in [3.05, 3.63) is 53.6 Å². The third-order valence-electron chi connectivity index (χ3n) is 4.61. The summed E-state index contributed by atoms with van der Waals surface area (Å²) >= 11 is 1.25. The van der Waals surface area contributed by atoms with Gasteiger partial charge >= 0.3 is 0 Å². The number of hydrogen-bond donors (Lipinski definition) is 0. The summed E-state index contributed by atoms with van der Waals surface area (Å²) in [7, 11) is 2.03.